The Bertz CT molecular complexity index is 1260. The first-order valence-electron chi connectivity index (χ1n) is 12.2. The van der Waals surface area contributed by atoms with Crippen LogP contribution in [0.5, 0.6) is 0 Å². The Kier molecular flexibility index (Phi) is 7.56. The van der Waals surface area contributed by atoms with Crippen LogP contribution < -0.4 is 0 Å². The van der Waals surface area contributed by atoms with Gasteiger partial charge in [-0.05, 0) is 51.1 Å². The van der Waals surface area contributed by atoms with E-state index in [-0.39, 0.29) is 5.92 Å². The minimum atomic E-state index is 0.0214. The summed E-state index contributed by atoms with van der Waals surface area (Å²) in [6.45, 7) is 0. The van der Waals surface area contributed by atoms with E-state index in [0.29, 0.717) is 0 Å². The lowest BCUT2D eigenvalue weighted by atomic mass is 9.87. The fraction of sp³-hybridized carbons (Fsp3) is 0.0286. The summed E-state index contributed by atoms with van der Waals surface area (Å²) in [5.41, 5.74) is 8.36. The summed E-state index contributed by atoms with van der Waals surface area (Å²) < 4.78 is 0. The van der Waals surface area contributed by atoms with Gasteiger partial charge >= 0.3 is 0 Å². The number of hydrogen-bond acceptors (Lipinski definition) is 0. The molecule has 0 nitrogen and oxygen atoms in total. The molecule has 0 fully saturated rings. The van der Waals surface area contributed by atoms with Crippen molar-refractivity contribution in [2.75, 3.05) is 0 Å². The summed E-state index contributed by atoms with van der Waals surface area (Å²) in [5, 5.41) is 0.739. The van der Waals surface area contributed by atoms with Gasteiger partial charge in [0.05, 0.1) is 0 Å². The number of halogens is 1. The molecule has 0 saturated heterocycles. The Morgan fingerprint density at radius 1 is 0.417 bits per heavy atom. The van der Waals surface area contributed by atoms with Crippen LogP contribution in [-0.4, -0.2) is 0 Å². The third-order valence-corrected chi connectivity index (χ3v) is 6.54. The number of hydrogen-bond donors (Lipinski definition) is 0. The average molecular weight is 483 g/mol. The Balaban J connectivity index is 1.74. The van der Waals surface area contributed by atoms with E-state index in [1.165, 1.54) is 39.0 Å². The van der Waals surface area contributed by atoms with Crippen molar-refractivity contribution in [1.82, 2.24) is 0 Å². The Labute approximate surface area is 218 Å². The Morgan fingerprint density at radius 3 is 1.03 bits per heavy atom. The molecule has 0 atom stereocenters. The second kappa shape index (κ2) is 11.5. The molecule has 0 spiro atoms. The highest BCUT2D eigenvalue weighted by molar-refractivity contribution is 6.30. The molecule has 174 valence electrons. The molecule has 0 bridgehead atoms. The van der Waals surface area contributed by atoms with Crippen molar-refractivity contribution < 1.29 is 0 Å². The van der Waals surface area contributed by atoms with Crippen molar-refractivity contribution in [2.45, 2.75) is 5.92 Å². The zero-order valence-electron chi connectivity index (χ0n) is 20.0. The zero-order valence-corrected chi connectivity index (χ0v) is 20.7. The summed E-state index contributed by atoms with van der Waals surface area (Å²) in [6.07, 6.45) is 4.75. The minimum Gasteiger partial charge on any atom is -0.0843 e. The topological polar surface area (TPSA) is 0 Å². The fourth-order valence-corrected chi connectivity index (χ4v) is 4.60. The number of allylic oxidation sites excluding steroid dienone is 2. The van der Waals surface area contributed by atoms with Crippen LogP contribution in [0.4, 0.5) is 0 Å². The van der Waals surface area contributed by atoms with Gasteiger partial charge in [-0.15, -0.1) is 0 Å². The minimum absolute atomic E-state index is 0.0214. The van der Waals surface area contributed by atoms with Gasteiger partial charge in [0.25, 0.3) is 0 Å². The van der Waals surface area contributed by atoms with E-state index in [1.54, 1.807) is 0 Å². The van der Waals surface area contributed by atoms with Gasteiger partial charge in [0.15, 0.2) is 0 Å². The molecule has 0 N–H and O–H groups in total. The molecule has 0 amide bonds. The van der Waals surface area contributed by atoms with Crippen LogP contribution in [0, 0.1) is 0 Å². The lowest BCUT2D eigenvalue weighted by Crippen LogP contribution is -1.98. The van der Waals surface area contributed by atoms with Crippen LogP contribution in [-0.2, 0) is 0 Å². The molecule has 5 aromatic carbocycles. The van der Waals surface area contributed by atoms with Crippen molar-refractivity contribution in [3.05, 3.63) is 191 Å². The van der Waals surface area contributed by atoms with Crippen LogP contribution in [0.2, 0.25) is 5.02 Å². The first-order chi connectivity index (χ1) is 17.8. The maximum absolute atomic E-state index is 6.28. The van der Waals surface area contributed by atoms with Gasteiger partial charge in [-0.1, -0.05) is 157 Å². The highest BCUT2D eigenvalue weighted by Crippen LogP contribution is 2.34. The molecular formula is C35H27Cl. The smallest absolute Gasteiger partial charge is 0.0406 e. The Morgan fingerprint density at radius 2 is 0.722 bits per heavy atom. The SMILES string of the molecule is Clc1ccc(C(C=C(c2ccccc2)c2ccccc2)C=C(c2ccccc2)c2ccccc2)cc1. The summed E-state index contributed by atoms with van der Waals surface area (Å²) in [4.78, 5) is 0. The van der Waals surface area contributed by atoms with Gasteiger partial charge < -0.3 is 0 Å². The average Bonchev–Trinajstić information content (AvgIpc) is 2.96. The van der Waals surface area contributed by atoms with E-state index in [0.717, 1.165) is 5.02 Å². The highest BCUT2D eigenvalue weighted by Gasteiger charge is 2.14. The van der Waals surface area contributed by atoms with Crippen LogP contribution >= 0.6 is 11.6 Å². The molecule has 5 rings (SSSR count). The van der Waals surface area contributed by atoms with Gasteiger partial charge in [-0.25, -0.2) is 0 Å². The third kappa shape index (κ3) is 5.74. The summed E-state index contributed by atoms with van der Waals surface area (Å²) in [7, 11) is 0. The third-order valence-electron chi connectivity index (χ3n) is 6.29. The van der Waals surface area contributed by atoms with E-state index in [2.05, 4.69) is 146 Å². The highest BCUT2D eigenvalue weighted by atomic mass is 35.5. The van der Waals surface area contributed by atoms with Gasteiger partial charge in [0.2, 0.25) is 0 Å². The molecule has 0 aliphatic heterocycles. The van der Waals surface area contributed by atoms with Crippen molar-refractivity contribution in [3.63, 3.8) is 0 Å². The fourth-order valence-electron chi connectivity index (χ4n) is 4.47. The van der Waals surface area contributed by atoms with Gasteiger partial charge in [-0.2, -0.15) is 0 Å². The van der Waals surface area contributed by atoms with Crippen molar-refractivity contribution in [1.29, 1.82) is 0 Å². The second-order valence-corrected chi connectivity index (χ2v) is 9.14. The van der Waals surface area contributed by atoms with Crippen LogP contribution in [0.3, 0.4) is 0 Å². The van der Waals surface area contributed by atoms with E-state index < -0.39 is 0 Å². The predicted octanol–water partition coefficient (Wildman–Crippen LogP) is 9.69. The lowest BCUT2D eigenvalue weighted by Gasteiger charge is -2.17. The monoisotopic (exact) mass is 482 g/mol. The first-order valence-corrected chi connectivity index (χ1v) is 12.6. The number of benzene rings is 5. The van der Waals surface area contributed by atoms with E-state index in [4.69, 9.17) is 11.6 Å². The van der Waals surface area contributed by atoms with Crippen molar-refractivity contribution >= 4 is 22.7 Å². The molecule has 0 unspecified atom stereocenters. The van der Waals surface area contributed by atoms with E-state index >= 15 is 0 Å². The lowest BCUT2D eigenvalue weighted by molar-refractivity contribution is 1.08. The summed E-state index contributed by atoms with van der Waals surface area (Å²) in [5.74, 6) is 0.0214. The normalized spacial score (nSPS) is 10.6. The summed E-state index contributed by atoms with van der Waals surface area (Å²) in [6, 6.07) is 50.6. The number of rotatable bonds is 7. The Hall–Kier alpha value is -4.13. The summed E-state index contributed by atoms with van der Waals surface area (Å²) >= 11 is 6.28. The first kappa shape index (κ1) is 23.6. The maximum atomic E-state index is 6.28. The van der Waals surface area contributed by atoms with Crippen LogP contribution in [0.25, 0.3) is 11.1 Å². The van der Waals surface area contributed by atoms with Gasteiger partial charge in [-0.3, -0.25) is 0 Å². The molecule has 36 heavy (non-hydrogen) atoms. The molecule has 0 aliphatic carbocycles. The molecule has 0 radical (unpaired) electrons. The second-order valence-electron chi connectivity index (χ2n) is 8.70. The molecule has 1 heteroatoms. The van der Waals surface area contributed by atoms with E-state index in [9.17, 15) is 0 Å². The van der Waals surface area contributed by atoms with Crippen LogP contribution in [0.15, 0.2) is 158 Å². The molecular weight excluding hydrogens is 456 g/mol. The predicted molar refractivity (Wildman–Crippen MR) is 154 cm³/mol. The van der Waals surface area contributed by atoms with Gasteiger partial charge in [0, 0.05) is 10.9 Å². The van der Waals surface area contributed by atoms with Crippen molar-refractivity contribution in [3.8, 4) is 0 Å². The van der Waals surface area contributed by atoms with Crippen LogP contribution in [0.1, 0.15) is 33.7 Å². The van der Waals surface area contributed by atoms with E-state index in [1.807, 2.05) is 12.1 Å². The standard InChI is InChI=1S/C35H27Cl/c36-33-23-21-27(22-24-33)32(25-34(28-13-5-1-6-14-28)29-15-7-2-8-16-29)26-35(30-17-9-3-10-18-30)31-19-11-4-12-20-31/h1-26,32H. The molecule has 0 aromatic heterocycles. The maximum Gasteiger partial charge on any atom is 0.0406 e. The molecule has 0 heterocycles. The van der Waals surface area contributed by atoms with Crippen molar-refractivity contribution in [2.24, 2.45) is 0 Å². The zero-order chi connectivity index (χ0) is 24.6. The van der Waals surface area contributed by atoms with Gasteiger partial charge in [0.1, 0.15) is 0 Å². The molecule has 0 saturated carbocycles. The molecule has 5 aromatic rings. The largest absolute Gasteiger partial charge is 0.0843 e. The molecule has 0 aliphatic rings. The quantitative estimate of drug-likeness (QED) is 0.216.